The highest BCUT2D eigenvalue weighted by molar-refractivity contribution is 6.07. The van der Waals surface area contributed by atoms with Crippen LogP contribution in [-0.2, 0) is 14.4 Å². The van der Waals surface area contributed by atoms with Crippen molar-refractivity contribution in [3.8, 4) is 11.8 Å². The third-order valence-electron chi connectivity index (χ3n) is 4.25. The number of nitrogens with zero attached hydrogens (tertiary/aromatic N) is 1. The maximum absolute atomic E-state index is 12.7. The van der Waals surface area contributed by atoms with Gasteiger partial charge in [-0.2, -0.15) is 0 Å². The van der Waals surface area contributed by atoms with Crippen LogP contribution in [0.5, 0.6) is 0 Å². The van der Waals surface area contributed by atoms with E-state index >= 15 is 0 Å². The zero-order valence-electron chi connectivity index (χ0n) is 15.4. The number of benzene rings is 2. The van der Waals surface area contributed by atoms with Crippen LogP contribution in [-0.4, -0.2) is 29.2 Å². The normalized spacial score (nSPS) is 14.3. The summed E-state index contributed by atoms with van der Waals surface area (Å²) in [7, 11) is 0. The molecule has 5 nitrogen and oxygen atoms in total. The number of rotatable bonds is 4. The van der Waals surface area contributed by atoms with Gasteiger partial charge in [-0.25, -0.2) is 0 Å². The van der Waals surface area contributed by atoms with E-state index in [0.29, 0.717) is 24.9 Å². The second-order valence-electron chi connectivity index (χ2n) is 6.31. The minimum Gasteiger partial charge on any atom is -0.321 e. The van der Waals surface area contributed by atoms with Crippen LogP contribution in [0.25, 0.3) is 0 Å². The molecular weight excluding hydrogens is 352 g/mol. The average molecular weight is 372 g/mol. The maximum atomic E-state index is 12.7. The van der Waals surface area contributed by atoms with Crippen LogP contribution in [0.4, 0.5) is 5.69 Å². The minimum absolute atomic E-state index is 0.0404. The van der Waals surface area contributed by atoms with Gasteiger partial charge in [0.05, 0.1) is 5.57 Å². The summed E-state index contributed by atoms with van der Waals surface area (Å²) in [6.45, 7) is 0.0404. The van der Waals surface area contributed by atoms with Crippen LogP contribution in [0.15, 0.2) is 72.3 Å². The van der Waals surface area contributed by atoms with Gasteiger partial charge in [0.15, 0.2) is 0 Å². The van der Waals surface area contributed by atoms with Crippen molar-refractivity contribution in [2.75, 3.05) is 11.9 Å². The number of hydrogen-bond donors (Lipinski definition) is 1. The van der Waals surface area contributed by atoms with E-state index in [4.69, 9.17) is 0 Å². The van der Waals surface area contributed by atoms with Crippen molar-refractivity contribution in [1.82, 2.24) is 4.90 Å². The van der Waals surface area contributed by atoms with Gasteiger partial charge in [-0.15, -0.1) is 0 Å². The zero-order chi connectivity index (χ0) is 19.8. The van der Waals surface area contributed by atoms with E-state index in [1.807, 2.05) is 48.5 Å². The van der Waals surface area contributed by atoms with Crippen molar-refractivity contribution >= 4 is 23.4 Å². The van der Waals surface area contributed by atoms with E-state index in [-0.39, 0.29) is 29.8 Å². The topological polar surface area (TPSA) is 66.5 Å². The molecule has 0 aromatic heterocycles. The standard InChI is InChI=1S/C23H20N2O3/c26-21-12-7-13-22(27)25(21)17-16-19(15-14-18-8-3-1-4-9-18)23(28)24-20-10-5-2-6-11-20/h1-6,8-11,16H,7,12-13,17H2,(H,24,28)/b19-16+. The lowest BCUT2D eigenvalue weighted by Crippen LogP contribution is -2.40. The molecule has 2 aromatic rings. The second-order valence-corrected chi connectivity index (χ2v) is 6.31. The first-order chi connectivity index (χ1) is 13.6. The van der Waals surface area contributed by atoms with Crippen LogP contribution in [0.1, 0.15) is 24.8 Å². The number of amides is 3. The van der Waals surface area contributed by atoms with Crippen LogP contribution in [0, 0.1) is 11.8 Å². The molecule has 0 spiro atoms. The summed E-state index contributed by atoms with van der Waals surface area (Å²) in [5.74, 6) is 5.01. The van der Waals surface area contributed by atoms with Gasteiger partial charge in [0.1, 0.15) is 0 Å². The number of carbonyl (C=O) groups excluding carboxylic acids is 3. The third kappa shape index (κ3) is 5.18. The molecular formula is C23H20N2O3. The number of anilines is 1. The van der Waals surface area contributed by atoms with Gasteiger partial charge in [-0.3, -0.25) is 19.3 Å². The SMILES string of the molecule is O=C(Nc1ccccc1)/C(C#Cc1ccccc1)=C/CN1C(=O)CCCC1=O. The molecule has 0 unspecified atom stereocenters. The summed E-state index contributed by atoms with van der Waals surface area (Å²) >= 11 is 0. The number of likely N-dealkylation sites (tertiary alicyclic amines) is 1. The molecule has 1 aliphatic heterocycles. The molecule has 1 saturated heterocycles. The lowest BCUT2D eigenvalue weighted by atomic mass is 10.1. The molecule has 1 fully saturated rings. The van der Waals surface area contributed by atoms with Gasteiger partial charge in [0.2, 0.25) is 11.8 Å². The Morgan fingerprint density at radius 3 is 2.21 bits per heavy atom. The number of piperidine rings is 1. The molecule has 3 amide bonds. The minimum atomic E-state index is -0.383. The van der Waals surface area contributed by atoms with E-state index in [1.54, 1.807) is 12.1 Å². The first kappa shape index (κ1) is 19.1. The van der Waals surface area contributed by atoms with E-state index in [2.05, 4.69) is 17.2 Å². The summed E-state index contributed by atoms with van der Waals surface area (Å²) in [5, 5.41) is 2.79. The summed E-state index contributed by atoms with van der Waals surface area (Å²) in [6.07, 6.45) is 2.81. The molecule has 3 rings (SSSR count). The van der Waals surface area contributed by atoms with Gasteiger partial charge in [-0.05, 0) is 36.8 Å². The Hall–Kier alpha value is -3.65. The van der Waals surface area contributed by atoms with Crippen LogP contribution in [0.2, 0.25) is 0 Å². The molecule has 1 heterocycles. The summed E-state index contributed by atoms with van der Waals surface area (Å²) < 4.78 is 0. The van der Waals surface area contributed by atoms with E-state index in [9.17, 15) is 14.4 Å². The van der Waals surface area contributed by atoms with Crippen molar-refractivity contribution < 1.29 is 14.4 Å². The highest BCUT2D eigenvalue weighted by atomic mass is 16.2. The monoisotopic (exact) mass is 372 g/mol. The van der Waals surface area contributed by atoms with Gasteiger partial charge in [0, 0.05) is 30.6 Å². The largest absolute Gasteiger partial charge is 0.321 e. The molecule has 140 valence electrons. The maximum Gasteiger partial charge on any atom is 0.263 e. The lowest BCUT2D eigenvalue weighted by molar-refractivity contribution is -0.147. The van der Waals surface area contributed by atoms with Gasteiger partial charge >= 0.3 is 0 Å². The van der Waals surface area contributed by atoms with E-state index < -0.39 is 0 Å². The Morgan fingerprint density at radius 2 is 1.57 bits per heavy atom. The Balaban J connectivity index is 1.83. The van der Waals surface area contributed by atoms with Crippen LogP contribution in [0.3, 0.4) is 0 Å². The van der Waals surface area contributed by atoms with Crippen LogP contribution >= 0.6 is 0 Å². The Morgan fingerprint density at radius 1 is 0.964 bits per heavy atom. The molecule has 1 N–H and O–H groups in total. The van der Waals surface area contributed by atoms with Gasteiger partial charge in [-0.1, -0.05) is 48.2 Å². The zero-order valence-corrected chi connectivity index (χ0v) is 15.4. The van der Waals surface area contributed by atoms with E-state index in [1.165, 1.54) is 11.0 Å². The summed E-state index contributed by atoms with van der Waals surface area (Å²) in [6, 6.07) is 18.3. The number of nitrogens with one attached hydrogen (secondary N) is 1. The van der Waals surface area contributed by atoms with Crippen molar-refractivity contribution in [2.45, 2.75) is 19.3 Å². The lowest BCUT2D eigenvalue weighted by Gasteiger charge is -2.23. The number of hydrogen-bond acceptors (Lipinski definition) is 3. The Kier molecular flexibility index (Phi) is 6.37. The molecule has 2 aromatic carbocycles. The van der Waals surface area contributed by atoms with Gasteiger partial charge in [0.25, 0.3) is 5.91 Å². The fourth-order valence-electron chi connectivity index (χ4n) is 2.77. The predicted molar refractivity (Wildman–Crippen MR) is 107 cm³/mol. The first-order valence-corrected chi connectivity index (χ1v) is 9.10. The molecule has 0 radical (unpaired) electrons. The molecule has 5 heteroatoms. The Bertz CT molecular complexity index is 938. The van der Waals surface area contributed by atoms with Crippen molar-refractivity contribution in [2.24, 2.45) is 0 Å². The molecule has 0 bridgehead atoms. The number of carbonyl (C=O) groups is 3. The molecule has 1 aliphatic rings. The molecule has 28 heavy (non-hydrogen) atoms. The third-order valence-corrected chi connectivity index (χ3v) is 4.25. The molecule has 0 aliphatic carbocycles. The second kappa shape index (κ2) is 9.33. The summed E-state index contributed by atoms with van der Waals surface area (Å²) in [4.78, 5) is 37.9. The number of para-hydroxylation sites is 1. The van der Waals surface area contributed by atoms with Crippen molar-refractivity contribution in [1.29, 1.82) is 0 Å². The fourth-order valence-corrected chi connectivity index (χ4v) is 2.77. The first-order valence-electron chi connectivity index (χ1n) is 9.10. The van der Waals surface area contributed by atoms with Crippen LogP contribution < -0.4 is 5.32 Å². The fraction of sp³-hybridized carbons (Fsp3) is 0.174. The molecule has 0 saturated carbocycles. The van der Waals surface area contributed by atoms with Crippen molar-refractivity contribution in [3.63, 3.8) is 0 Å². The highest BCUT2D eigenvalue weighted by Gasteiger charge is 2.25. The van der Waals surface area contributed by atoms with Gasteiger partial charge < -0.3 is 5.32 Å². The number of imide groups is 1. The molecule has 0 atom stereocenters. The van der Waals surface area contributed by atoms with E-state index in [0.717, 1.165) is 5.56 Å². The predicted octanol–water partition coefficient (Wildman–Crippen LogP) is 3.14. The Labute approximate surface area is 164 Å². The quantitative estimate of drug-likeness (QED) is 0.509. The average Bonchev–Trinajstić information content (AvgIpc) is 2.71. The smallest absolute Gasteiger partial charge is 0.263 e. The highest BCUT2D eigenvalue weighted by Crippen LogP contribution is 2.13. The van der Waals surface area contributed by atoms with Crippen molar-refractivity contribution in [3.05, 3.63) is 77.9 Å². The summed E-state index contributed by atoms with van der Waals surface area (Å²) in [5.41, 5.74) is 1.62.